The van der Waals surface area contributed by atoms with Crippen molar-refractivity contribution in [2.75, 3.05) is 0 Å². The maximum absolute atomic E-state index is 11.7. The summed E-state index contributed by atoms with van der Waals surface area (Å²) in [6.07, 6.45) is 0.202. The molecule has 0 heterocycles. The molecule has 0 aliphatic rings. The van der Waals surface area contributed by atoms with Gasteiger partial charge >= 0.3 is 5.97 Å². The van der Waals surface area contributed by atoms with E-state index >= 15 is 0 Å². The summed E-state index contributed by atoms with van der Waals surface area (Å²) in [5.74, 6) is 5.20. The van der Waals surface area contributed by atoms with E-state index in [1.807, 2.05) is 26.8 Å². The Bertz CT molecular complexity index is 519. The van der Waals surface area contributed by atoms with Crippen molar-refractivity contribution in [3.63, 3.8) is 0 Å². The molecule has 0 unspecified atom stereocenters. The van der Waals surface area contributed by atoms with Crippen LogP contribution < -0.4 is 0 Å². The third-order valence-corrected chi connectivity index (χ3v) is 1.92. The molecule has 0 aliphatic heterocycles. The second-order valence-corrected chi connectivity index (χ2v) is 4.72. The average Bonchev–Trinajstić information content (AvgIpc) is 2.28. The average molecular weight is 241 g/mol. The lowest BCUT2D eigenvalue weighted by molar-refractivity contribution is 0.00695. The highest BCUT2D eigenvalue weighted by atomic mass is 16.6. The molecule has 92 valence electrons. The van der Waals surface area contributed by atoms with E-state index in [9.17, 15) is 4.79 Å². The van der Waals surface area contributed by atoms with Gasteiger partial charge in [0.2, 0.25) is 0 Å². The Hall–Kier alpha value is -2.26. The second kappa shape index (κ2) is 5.89. The molecule has 0 aromatic heterocycles. The predicted octanol–water partition coefficient (Wildman–Crippen LogP) is 2.91. The number of hydrogen-bond acceptors (Lipinski definition) is 3. The second-order valence-electron chi connectivity index (χ2n) is 4.72. The van der Waals surface area contributed by atoms with Crippen molar-refractivity contribution in [1.29, 1.82) is 5.26 Å². The number of nitrogens with zero attached hydrogens (tertiary/aromatic N) is 1. The first-order chi connectivity index (χ1) is 8.42. The summed E-state index contributed by atoms with van der Waals surface area (Å²) < 4.78 is 5.24. The molecule has 1 rings (SSSR count). The first-order valence-corrected chi connectivity index (χ1v) is 5.61. The molecule has 0 N–H and O–H groups in total. The van der Waals surface area contributed by atoms with E-state index < -0.39 is 5.60 Å². The fourth-order valence-corrected chi connectivity index (χ4v) is 1.21. The van der Waals surface area contributed by atoms with Gasteiger partial charge in [0.1, 0.15) is 5.60 Å². The molecule has 0 saturated carbocycles. The van der Waals surface area contributed by atoms with Crippen LogP contribution in [0.2, 0.25) is 0 Å². The summed E-state index contributed by atoms with van der Waals surface area (Å²) in [5.41, 5.74) is 0.774. The van der Waals surface area contributed by atoms with Crippen LogP contribution in [0.15, 0.2) is 24.3 Å². The van der Waals surface area contributed by atoms with Crippen molar-refractivity contribution < 1.29 is 9.53 Å². The van der Waals surface area contributed by atoms with E-state index in [4.69, 9.17) is 10.00 Å². The van der Waals surface area contributed by atoms with Crippen molar-refractivity contribution in [1.82, 2.24) is 0 Å². The molecule has 0 amide bonds. The molecule has 1 aromatic rings. The Morgan fingerprint density at radius 2 is 1.89 bits per heavy atom. The van der Waals surface area contributed by atoms with Crippen LogP contribution >= 0.6 is 0 Å². The minimum atomic E-state index is -0.498. The molecule has 18 heavy (non-hydrogen) atoms. The number of benzene rings is 1. The van der Waals surface area contributed by atoms with Crippen molar-refractivity contribution in [2.24, 2.45) is 0 Å². The Kier molecular flexibility index (Phi) is 4.52. The maximum atomic E-state index is 11.7. The number of esters is 1. The van der Waals surface area contributed by atoms with Gasteiger partial charge in [-0.2, -0.15) is 5.26 Å². The highest BCUT2D eigenvalue weighted by Crippen LogP contribution is 2.12. The zero-order valence-electron chi connectivity index (χ0n) is 10.8. The smallest absolute Gasteiger partial charge is 0.338 e. The first-order valence-electron chi connectivity index (χ1n) is 5.61. The van der Waals surface area contributed by atoms with Gasteiger partial charge in [-0.25, -0.2) is 4.79 Å². The van der Waals surface area contributed by atoms with Gasteiger partial charge in [-0.05, 0) is 45.0 Å². The third kappa shape index (κ3) is 4.72. The van der Waals surface area contributed by atoms with Crippen molar-refractivity contribution >= 4 is 5.97 Å². The Labute approximate surface area is 107 Å². The lowest BCUT2D eigenvalue weighted by Crippen LogP contribution is -2.23. The van der Waals surface area contributed by atoms with Crippen LogP contribution in [0, 0.1) is 23.2 Å². The molecule has 1 aromatic carbocycles. The lowest BCUT2D eigenvalue weighted by atomic mass is 10.1. The van der Waals surface area contributed by atoms with E-state index in [0.29, 0.717) is 5.56 Å². The van der Waals surface area contributed by atoms with Crippen LogP contribution in [0.25, 0.3) is 0 Å². The summed E-state index contributed by atoms with van der Waals surface area (Å²) in [7, 11) is 0. The normalized spacial score (nSPS) is 9.89. The quantitative estimate of drug-likeness (QED) is 0.561. The van der Waals surface area contributed by atoms with Crippen molar-refractivity contribution in [2.45, 2.75) is 32.8 Å². The summed E-state index contributed by atoms with van der Waals surface area (Å²) in [4.78, 5) is 11.7. The van der Waals surface area contributed by atoms with Gasteiger partial charge in [0, 0.05) is 5.56 Å². The number of hydrogen-bond donors (Lipinski definition) is 0. The molecular formula is C15H15NO2. The topological polar surface area (TPSA) is 50.1 Å². The number of nitriles is 1. The first kappa shape index (κ1) is 13.8. The number of ether oxygens (including phenoxy) is 1. The van der Waals surface area contributed by atoms with Crippen LogP contribution in [0.3, 0.4) is 0 Å². The van der Waals surface area contributed by atoms with Gasteiger partial charge in [0.15, 0.2) is 0 Å². The van der Waals surface area contributed by atoms with Gasteiger partial charge < -0.3 is 4.74 Å². The number of rotatable bonds is 1. The Morgan fingerprint density at radius 3 is 2.39 bits per heavy atom. The summed E-state index contributed by atoms with van der Waals surface area (Å²) in [6.45, 7) is 5.48. The van der Waals surface area contributed by atoms with Crippen molar-refractivity contribution in [3.8, 4) is 17.9 Å². The highest BCUT2D eigenvalue weighted by Gasteiger charge is 2.17. The van der Waals surface area contributed by atoms with E-state index in [0.717, 1.165) is 5.56 Å². The minimum Gasteiger partial charge on any atom is -0.456 e. The number of carbonyl (C=O) groups excluding carboxylic acids is 1. The summed E-state index contributed by atoms with van der Waals surface area (Å²) in [6, 6.07) is 8.77. The molecule has 0 bridgehead atoms. The zero-order valence-corrected chi connectivity index (χ0v) is 10.8. The van der Waals surface area contributed by atoms with Crippen LogP contribution in [-0.4, -0.2) is 11.6 Å². The van der Waals surface area contributed by atoms with Crippen LogP contribution in [0.1, 0.15) is 43.1 Å². The van der Waals surface area contributed by atoms with Gasteiger partial charge in [-0.3, -0.25) is 0 Å². The molecular weight excluding hydrogens is 226 g/mol. The summed E-state index contributed by atoms with van der Waals surface area (Å²) in [5, 5.41) is 8.36. The molecule has 0 radical (unpaired) electrons. The minimum absolute atomic E-state index is 0.202. The molecule has 3 heteroatoms. The molecule has 0 fully saturated rings. The monoisotopic (exact) mass is 241 g/mol. The highest BCUT2D eigenvalue weighted by molar-refractivity contribution is 5.89. The van der Waals surface area contributed by atoms with Crippen LogP contribution in [0.5, 0.6) is 0 Å². The SMILES string of the molecule is CC(C)(C)OC(=O)c1ccc(C#CCC#N)cc1. The lowest BCUT2D eigenvalue weighted by Gasteiger charge is -2.19. The van der Waals surface area contributed by atoms with E-state index in [2.05, 4.69) is 11.8 Å². The predicted molar refractivity (Wildman–Crippen MR) is 68.7 cm³/mol. The number of carbonyl (C=O) groups is 1. The fourth-order valence-electron chi connectivity index (χ4n) is 1.21. The van der Waals surface area contributed by atoms with Crippen molar-refractivity contribution in [3.05, 3.63) is 35.4 Å². The summed E-state index contributed by atoms with van der Waals surface area (Å²) >= 11 is 0. The molecule has 0 saturated heterocycles. The van der Waals surface area contributed by atoms with Gasteiger partial charge in [-0.1, -0.05) is 11.8 Å². The standard InChI is InChI=1S/C15H15NO2/c1-15(2,3)18-14(17)13-9-7-12(8-10-13)6-4-5-11-16/h7-10H,5H2,1-3H3. The largest absolute Gasteiger partial charge is 0.456 e. The Morgan fingerprint density at radius 1 is 1.28 bits per heavy atom. The van der Waals surface area contributed by atoms with Gasteiger partial charge in [-0.15, -0.1) is 0 Å². The maximum Gasteiger partial charge on any atom is 0.338 e. The molecule has 3 nitrogen and oxygen atoms in total. The Balaban J connectivity index is 2.75. The fraction of sp³-hybridized carbons (Fsp3) is 0.333. The van der Waals surface area contributed by atoms with Crippen LogP contribution in [0.4, 0.5) is 0 Å². The molecule has 0 aliphatic carbocycles. The van der Waals surface area contributed by atoms with E-state index in [1.165, 1.54) is 0 Å². The third-order valence-electron chi connectivity index (χ3n) is 1.92. The van der Waals surface area contributed by atoms with E-state index in [-0.39, 0.29) is 12.4 Å². The molecule has 0 atom stereocenters. The zero-order chi connectivity index (χ0) is 13.6. The van der Waals surface area contributed by atoms with Crippen LogP contribution in [-0.2, 0) is 4.74 Å². The van der Waals surface area contributed by atoms with Gasteiger partial charge in [0.25, 0.3) is 0 Å². The molecule has 0 spiro atoms. The van der Waals surface area contributed by atoms with Gasteiger partial charge in [0.05, 0.1) is 18.1 Å². The van der Waals surface area contributed by atoms with E-state index in [1.54, 1.807) is 24.3 Å².